The van der Waals surface area contributed by atoms with Gasteiger partial charge in [-0.15, -0.1) is 0 Å². The Balaban J connectivity index is 1.62. The summed E-state index contributed by atoms with van der Waals surface area (Å²) in [6.07, 6.45) is 5.56. The fraction of sp³-hybridized carbons (Fsp3) is 0.484. The number of nitrogens with zero attached hydrogens (tertiary/aromatic N) is 2. The van der Waals surface area contributed by atoms with E-state index in [-0.39, 0.29) is 18.0 Å². The minimum atomic E-state index is -0.548. The molecule has 0 spiro atoms. The Bertz CT molecular complexity index is 1220. The molecule has 2 amide bonds. The second kappa shape index (κ2) is 14.8. The zero-order valence-electron chi connectivity index (χ0n) is 23.5. The lowest BCUT2D eigenvalue weighted by atomic mass is 9.91. The van der Waals surface area contributed by atoms with Crippen molar-refractivity contribution < 1.29 is 23.8 Å². The zero-order chi connectivity index (χ0) is 29.0. The molecule has 9 nitrogen and oxygen atoms in total. The molecule has 212 valence electrons. The molecule has 0 bridgehead atoms. The summed E-state index contributed by atoms with van der Waals surface area (Å²) in [5, 5.41) is 23.8. The van der Waals surface area contributed by atoms with Crippen LogP contribution in [0.25, 0.3) is 0 Å². The summed E-state index contributed by atoms with van der Waals surface area (Å²) >= 11 is 0. The van der Waals surface area contributed by atoms with Crippen LogP contribution in [-0.2, 0) is 4.74 Å². The van der Waals surface area contributed by atoms with Gasteiger partial charge in [0.05, 0.1) is 24.3 Å². The first kappa shape index (κ1) is 30.3. The van der Waals surface area contributed by atoms with Gasteiger partial charge in [-0.05, 0) is 102 Å². The van der Waals surface area contributed by atoms with Crippen LogP contribution in [0.4, 0.5) is 4.79 Å². The Kier molecular flexibility index (Phi) is 11.2. The van der Waals surface area contributed by atoms with Gasteiger partial charge in [0.2, 0.25) is 0 Å². The van der Waals surface area contributed by atoms with Crippen LogP contribution < -0.4 is 20.1 Å². The summed E-state index contributed by atoms with van der Waals surface area (Å²) in [5.74, 6) is 1.27. The molecule has 2 aromatic rings. The fourth-order valence-corrected chi connectivity index (χ4v) is 4.38. The van der Waals surface area contributed by atoms with Crippen molar-refractivity contribution in [1.29, 1.82) is 10.5 Å². The molecule has 0 heterocycles. The van der Waals surface area contributed by atoms with Crippen LogP contribution >= 0.6 is 0 Å². The van der Waals surface area contributed by atoms with Gasteiger partial charge in [-0.1, -0.05) is 0 Å². The number of amides is 2. The Labute approximate surface area is 236 Å². The van der Waals surface area contributed by atoms with Crippen LogP contribution in [0.2, 0.25) is 0 Å². The van der Waals surface area contributed by atoms with E-state index in [0.717, 1.165) is 44.9 Å². The van der Waals surface area contributed by atoms with E-state index in [1.807, 2.05) is 20.8 Å². The highest BCUT2D eigenvalue weighted by molar-refractivity contribution is 5.95. The summed E-state index contributed by atoms with van der Waals surface area (Å²) in [5.41, 5.74) is 0.393. The molecular weight excluding hydrogens is 508 g/mol. The standard InChI is InChI=1S/C31H38N4O5/c1-31(2,3)40-30(37)35-25-12-10-24(11-13-25)34-29(36)23-18-27(38-17-7-5-4-6-16-32)20-28(19-23)39-26-14-8-22(21-33)9-15-26/h8-9,14-15,18-20,24-25H,4-7,10-13,17H2,1-3H3,(H,34,36)(H,35,37). The van der Waals surface area contributed by atoms with E-state index >= 15 is 0 Å². The molecule has 0 atom stereocenters. The van der Waals surface area contributed by atoms with Crippen molar-refractivity contribution in [1.82, 2.24) is 10.6 Å². The summed E-state index contributed by atoms with van der Waals surface area (Å²) in [4.78, 5) is 25.3. The van der Waals surface area contributed by atoms with E-state index in [4.69, 9.17) is 24.7 Å². The van der Waals surface area contributed by atoms with Crippen molar-refractivity contribution in [3.63, 3.8) is 0 Å². The van der Waals surface area contributed by atoms with Gasteiger partial charge < -0.3 is 24.8 Å². The number of hydrogen-bond acceptors (Lipinski definition) is 7. The van der Waals surface area contributed by atoms with E-state index in [1.54, 1.807) is 42.5 Å². The van der Waals surface area contributed by atoms with Crippen molar-refractivity contribution in [3.8, 4) is 29.4 Å². The number of unbranched alkanes of at least 4 members (excludes halogenated alkanes) is 3. The van der Waals surface area contributed by atoms with Gasteiger partial charge in [0.25, 0.3) is 5.91 Å². The highest BCUT2D eigenvalue weighted by atomic mass is 16.6. The predicted molar refractivity (Wildman–Crippen MR) is 150 cm³/mol. The molecule has 9 heteroatoms. The van der Waals surface area contributed by atoms with Crippen molar-refractivity contribution in [2.45, 2.75) is 89.8 Å². The minimum Gasteiger partial charge on any atom is -0.493 e. The van der Waals surface area contributed by atoms with Crippen molar-refractivity contribution in [2.75, 3.05) is 6.61 Å². The minimum absolute atomic E-state index is 0.0142. The fourth-order valence-electron chi connectivity index (χ4n) is 4.38. The van der Waals surface area contributed by atoms with Crippen LogP contribution in [0.5, 0.6) is 17.2 Å². The monoisotopic (exact) mass is 546 g/mol. The van der Waals surface area contributed by atoms with E-state index in [0.29, 0.717) is 41.4 Å². The molecule has 40 heavy (non-hydrogen) atoms. The molecule has 0 saturated heterocycles. The number of hydrogen-bond donors (Lipinski definition) is 2. The highest BCUT2D eigenvalue weighted by Crippen LogP contribution is 2.29. The third kappa shape index (κ3) is 10.5. The maximum Gasteiger partial charge on any atom is 0.407 e. The van der Waals surface area contributed by atoms with E-state index < -0.39 is 11.7 Å². The lowest BCUT2D eigenvalue weighted by molar-refractivity contribution is 0.0488. The average molecular weight is 547 g/mol. The van der Waals surface area contributed by atoms with E-state index in [2.05, 4.69) is 22.8 Å². The van der Waals surface area contributed by atoms with Crippen molar-refractivity contribution in [2.24, 2.45) is 0 Å². The van der Waals surface area contributed by atoms with Crippen molar-refractivity contribution >= 4 is 12.0 Å². The number of ether oxygens (including phenoxy) is 3. The van der Waals surface area contributed by atoms with Crippen LogP contribution in [0.15, 0.2) is 42.5 Å². The lowest BCUT2D eigenvalue weighted by Crippen LogP contribution is -2.45. The second-order valence-electron chi connectivity index (χ2n) is 10.9. The first-order chi connectivity index (χ1) is 19.1. The van der Waals surface area contributed by atoms with Gasteiger partial charge in [-0.25, -0.2) is 4.79 Å². The molecule has 0 aliphatic heterocycles. The van der Waals surface area contributed by atoms with Gasteiger partial charge in [-0.2, -0.15) is 10.5 Å². The number of nitrogens with one attached hydrogen (secondary N) is 2. The van der Waals surface area contributed by atoms with Gasteiger partial charge in [0, 0.05) is 30.1 Å². The molecular formula is C31H38N4O5. The summed E-state index contributed by atoms with van der Waals surface area (Å²) in [7, 11) is 0. The lowest BCUT2D eigenvalue weighted by Gasteiger charge is -2.30. The third-order valence-corrected chi connectivity index (χ3v) is 6.35. The molecule has 0 aromatic heterocycles. The van der Waals surface area contributed by atoms with Crippen LogP contribution in [0.3, 0.4) is 0 Å². The molecule has 1 aliphatic rings. The summed E-state index contributed by atoms with van der Waals surface area (Å²) < 4.78 is 17.3. The first-order valence-corrected chi connectivity index (χ1v) is 13.8. The molecule has 0 unspecified atom stereocenters. The normalized spacial score (nSPS) is 16.6. The smallest absolute Gasteiger partial charge is 0.407 e. The molecule has 2 N–H and O–H groups in total. The number of carbonyl (C=O) groups excluding carboxylic acids is 2. The molecule has 1 aliphatic carbocycles. The Hall–Kier alpha value is -4.24. The maximum atomic E-state index is 13.2. The largest absolute Gasteiger partial charge is 0.493 e. The van der Waals surface area contributed by atoms with E-state index in [1.165, 1.54) is 0 Å². The summed E-state index contributed by atoms with van der Waals surface area (Å²) in [6.45, 7) is 5.95. The Morgan fingerprint density at radius 3 is 2.15 bits per heavy atom. The van der Waals surface area contributed by atoms with Gasteiger partial charge in [0.1, 0.15) is 22.8 Å². The first-order valence-electron chi connectivity index (χ1n) is 13.8. The molecule has 0 radical (unpaired) electrons. The van der Waals surface area contributed by atoms with Crippen LogP contribution in [-0.4, -0.2) is 36.3 Å². The van der Waals surface area contributed by atoms with Crippen molar-refractivity contribution in [3.05, 3.63) is 53.6 Å². The molecule has 1 saturated carbocycles. The maximum absolute atomic E-state index is 13.2. The van der Waals surface area contributed by atoms with Gasteiger partial charge in [0.15, 0.2) is 0 Å². The predicted octanol–water partition coefficient (Wildman–Crippen LogP) is 6.38. The molecule has 1 fully saturated rings. The van der Waals surface area contributed by atoms with Gasteiger partial charge in [-0.3, -0.25) is 4.79 Å². The Morgan fingerprint density at radius 1 is 0.875 bits per heavy atom. The average Bonchev–Trinajstić information content (AvgIpc) is 2.91. The number of benzene rings is 2. The number of rotatable bonds is 11. The van der Waals surface area contributed by atoms with E-state index in [9.17, 15) is 9.59 Å². The van der Waals surface area contributed by atoms with Gasteiger partial charge >= 0.3 is 6.09 Å². The number of nitriles is 2. The Morgan fingerprint density at radius 2 is 1.52 bits per heavy atom. The van der Waals surface area contributed by atoms with Crippen LogP contribution in [0.1, 0.15) is 88.1 Å². The quantitative estimate of drug-likeness (QED) is 0.312. The third-order valence-electron chi connectivity index (χ3n) is 6.35. The zero-order valence-corrected chi connectivity index (χ0v) is 23.5. The second-order valence-corrected chi connectivity index (χ2v) is 10.9. The number of carbonyl (C=O) groups is 2. The highest BCUT2D eigenvalue weighted by Gasteiger charge is 2.26. The van der Waals surface area contributed by atoms with Crippen LogP contribution in [0, 0.1) is 22.7 Å². The summed E-state index contributed by atoms with van der Waals surface area (Å²) in [6, 6.07) is 16.1. The number of alkyl carbamates (subject to hydrolysis) is 1. The molecule has 2 aromatic carbocycles. The SMILES string of the molecule is CC(C)(C)OC(=O)NC1CCC(NC(=O)c2cc(OCCCCCC#N)cc(Oc3ccc(C#N)cc3)c2)CC1. The topological polar surface area (TPSA) is 133 Å². The molecule has 3 rings (SSSR count).